The highest BCUT2D eigenvalue weighted by molar-refractivity contribution is 5.86. The van der Waals surface area contributed by atoms with E-state index in [9.17, 15) is 4.79 Å². The molecule has 0 bridgehead atoms. The molecule has 3 nitrogen and oxygen atoms in total. The third-order valence-electron chi connectivity index (χ3n) is 4.26. The van der Waals surface area contributed by atoms with Gasteiger partial charge in [0.05, 0.1) is 0 Å². The van der Waals surface area contributed by atoms with Crippen LogP contribution < -0.4 is 11.1 Å². The maximum absolute atomic E-state index is 12.0. The summed E-state index contributed by atoms with van der Waals surface area (Å²) >= 11 is 0. The fraction of sp³-hybridized carbons (Fsp3) is 0.562. The Morgan fingerprint density at radius 2 is 1.95 bits per heavy atom. The Kier molecular flexibility index (Phi) is 3.95. The van der Waals surface area contributed by atoms with Crippen molar-refractivity contribution in [1.29, 1.82) is 0 Å². The summed E-state index contributed by atoms with van der Waals surface area (Å²) in [7, 11) is 0. The van der Waals surface area contributed by atoms with E-state index in [1.54, 1.807) is 0 Å². The maximum atomic E-state index is 12.0. The van der Waals surface area contributed by atoms with Crippen LogP contribution in [0.4, 0.5) is 0 Å². The van der Waals surface area contributed by atoms with E-state index in [1.807, 2.05) is 26.0 Å². The van der Waals surface area contributed by atoms with E-state index in [2.05, 4.69) is 18.3 Å². The van der Waals surface area contributed by atoms with Crippen LogP contribution in [-0.4, -0.2) is 11.9 Å². The second-order valence-corrected chi connectivity index (χ2v) is 5.93. The Bertz CT molecular complexity index is 478. The highest BCUT2D eigenvalue weighted by Crippen LogP contribution is 2.28. The lowest BCUT2D eigenvalue weighted by Crippen LogP contribution is -2.54. The third-order valence-corrected chi connectivity index (χ3v) is 4.26. The van der Waals surface area contributed by atoms with E-state index >= 15 is 0 Å². The van der Waals surface area contributed by atoms with Crippen LogP contribution in [0.25, 0.3) is 0 Å². The molecule has 3 heteroatoms. The predicted molar refractivity (Wildman–Crippen MR) is 77.9 cm³/mol. The summed E-state index contributed by atoms with van der Waals surface area (Å²) in [6.07, 6.45) is 4.74. The van der Waals surface area contributed by atoms with Gasteiger partial charge in [-0.25, -0.2) is 0 Å². The second kappa shape index (κ2) is 5.33. The minimum Gasteiger partial charge on any atom is -0.368 e. The number of nitrogens with two attached hydrogens (primary N) is 1. The topological polar surface area (TPSA) is 55.1 Å². The lowest BCUT2D eigenvalue weighted by Gasteiger charge is -2.33. The van der Waals surface area contributed by atoms with Gasteiger partial charge in [0.25, 0.3) is 0 Å². The molecule has 3 N–H and O–H groups in total. The molecule has 0 aromatic heterocycles. The first-order valence-corrected chi connectivity index (χ1v) is 7.09. The number of carbonyl (C=O) groups excluding carboxylic acids is 1. The number of rotatable bonds is 4. The Morgan fingerprint density at radius 1 is 1.32 bits per heavy atom. The number of benzene rings is 1. The zero-order valence-electron chi connectivity index (χ0n) is 12.1. The maximum Gasteiger partial charge on any atom is 0.242 e. The highest BCUT2D eigenvalue weighted by atomic mass is 16.1. The molecule has 1 amide bonds. The lowest BCUT2D eigenvalue weighted by molar-refractivity contribution is -0.124. The quantitative estimate of drug-likeness (QED) is 0.874. The molecule has 1 aromatic rings. The van der Waals surface area contributed by atoms with E-state index in [-0.39, 0.29) is 5.91 Å². The Hall–Kier alpha value is -1.35. The highest BCUT2D eigenvalue weighted by Gasteiger charge is 2.36. The van der Waals surface area contributed by atoms with Crippen molar-refractivity contribution < 1.29 is 4.79 Å². The van der Waals surface area contributed by atoms with Crippen LogP contribution in [0.3, 0.4) is 0 Å². The minimum atomic E-state index is -0.771. The van der Waals surface area contributed by atoms with Gasteiger partial charge >= 0.3 is 0 Å². The molecule has 1 atom stereocenters. The Labute approximate surface area is 115 Å². The van der Waals surface area contributed by atoms with Crippen molar-refractivity contribution in [2.24, 2.45) is 5.73 Å². The van der Waals surface area contributed by atoms with Crippen molar-refractivity contribution in [1.82, 2.24) is 5.32 Å². The molecular weight excluding hydrogens is 236 g/mol. The van der Waals surface area contributed by atoms with Gasteiger partial charge in [-0.15, -0.1) is 0 Å². The molecule has 0 saturated heterocycles. The van der Waals surface area contributed by atoms with Crippen molar-refractivity contribution in [3.63, 3.8) is 0 Å². The molecule has 1 aliphatic rings. The SMILES string of the molecule is Cc1ccc(C(C)(NC2CCCC2)C(N)=O)c(C)c1. The van der Waals surface area contributed by atoms with Gasteiger partial charge in [0, 0.05) is 6.04 Å². The molecule has 1 unspecified atom stereocenters. The number of nitrogens with one attached hydrogen (secondary N) is 1. The van der Waals surface area contributed by atoms with Crippen molar-refractivity contribution in [2.75, 3.05) is 0 Å². The number of primary amides is 1. The molecule has 1 fully saturated rings. The van der Waals surface area contributed by atoms with E-state index in [0.717, 1.165) is 24.0 Å². The molecule has 19 heavy (non-hydrogen) atoms. The predicted octanol–water partition coefficient (Wildman–Crippen LogP) is 2.54. The van der Waals surface area contributed by atoms with Crippen molar-refractivity contribution >= 4 is 5.91 Å². The number of hydrogen-bond acceptors (Lipinski definition) is 2. The van der Waals surface area contributed by atoms with Crippen LogP contribution >= 0.6 is 0 Å². The second-order valence-electron chi connectivity index (χ2n) is 5.93. The third kappa shape index (κ3) is 2.81. The van der Waals surface area contributed by atoms with Crippen LogP contribution in [0, 0.1) is 13.8 Å². The molecule has 0 aliphatic heterocycles. The van der Waals surface area contributed by atoms with Crippen molar-refractivity contribution in [3.05, 3.63) is 34.9 Å². The molecule has 1 saturated carbocycles. The van der Waals surface area contributed by atoms with Crippen molar-refractivity contribution in [3.8, 4) is 0 Å². The first-order chi connectivity index (χ1) is 8.93. The lowest BCUT2D eigenvalue weighted by atomic mass is 9.86. The normalized spacial score (nSPS) is 19.3. The fourth-order valence-corrected chi connectivity index (χ4v) is 3.13. The summed E-state index contributed by atoms with van der Waals surface area (Å²) in [6.45, 7) is 6.01. The summed E-state index contributed by atoms with van der Waals surface area (Å²) in [5.74, 6) is -0.300. The summed E-state index contributed by atoms with van der Waals surface area (Å²) in [4.78, 5) is 12.0. The number of carbonyl (C=O) groups is 1. The van der Waals surface area contributed by atoms with E-state index in [4.69, 9.17) is 5.73 Å². The molecule has 2 rings (SSSR count). The van der Waals surface area contributed by atoms with Gasteiger partial charge in [-0.05, 0) is 44.7 Å². The first-order valence-electron chi connectivity index (χ1n) is 7.09. The molecule has 104 valence electrons. The zero-order chi connectivity index (χ0) is 14.0. The van der Waals surface area contributed by atoms with Crippen LogP contribution in [0.1, 0.15) is 49.3 Å². The van der Waals surface area contributed by atoms with E-state index in [1.165, 1.54) is 18.4 Å². The van der Waals surface area contributed by atoms with Crippen molar-refractivity contribution in [2.45, 2.75) is 58.0 Å². The molecule has 1 aromatic carbocycles. The first kappa shape index (κ1) is 14.1. The summed E-state index contributed by atoms with van der Waals surface area (Å²) in [5, 5.41) is 3.49. The standard InChI is InChI=1S/C16H24N2O/c1-11-8-9-14(12(2)10-11)16(3,15(17)19)18-13-6-4-5-7-13/h8-10,13,18H,4-7H2,1-3H3,(H2,17,19). The largest absolute Gasteiger partial charge is 0.368 e. The number of aryl methyl sites for hydroxylation is 2. The molecule has 0 heterocycles. The summed E-state index contributed by atoms with van der Waals surface area (Å²) in [6, 6.07) is 6.57. The summed E-state index contributed by atoms with van der Waals surface area (Å²) in [5.41, 5.74) is 8.23. The van der Waals surface area contributed by atoms with Gasteiger partial charge in [0.2, 0.25) is 5.91 Å². The number of hydrogen-bond donors (Lipinski definition) is 2. The average molecular weight is 260 g/mol. The molecular formula is C16H24N2O. The number of amides is 1. The Balaban J connectivity index is 2.34. The molecule has 0 spiro atoms. The minimum absolute atomic E-state index is 0.300. The Morgan fingerprint density at radius 3 is 2.47 bits per heavy atom. The molecule has 0 radical (unpaired) electrons. The van der Waals surface area contributed by atoms with Gasteiger partial charge in [-0.3, -0.25) is 10.1 Å². The van der Waals surface area contributed by atoms with Gasteiger partial charge in [0.15, 0.2) is 0 Å². The summed E-state index contributed by atoms with van der Waals surface area (Å²) < 4.78 is 0. The monoisotopic (exact) mass is 260 g/mol. The van der Waals surface area contributed by atoms with Crippen LogP contribution in [-0.2, 0) is 10.3 Å². The van der Waals surface area contributed by atoms with E-state index in [0.29, 0.717) is 6.04 Å². The van der Waals surface area contributed by atoms with Crippen LogP contribution in [0.5, 0.6) is 0 Å². The van der Waals surface area contributed by atoms with Gasteiger partial charge in [-0.1, -0.05) is 36.6 Å². The van der Waals surface area contributed by atoms with Crippen LogP contribution in [0.2, 0.25) is 0 Å². The van der Waals surface area contributed by atoms with Crippen LogP contribution in [0.15, 0.2) is 18.2 Å². The van der Waals surface area contributed by atoms with Gasteiger partial charge in [0.1, 0.15) is 5.54 Å². The smallest absolute Gasteiger partial charge is 0.242 e. The van der Waals surface area contributed by atoms with Gasteiger partial charge < -0.3 is 5.73 Å². The average Bonchev–Trinajstić information content (AvgIpc) is 2.81. The zero-order valence-corrected chi connectivity index (χ0v) is 12.1. The fourth-order valence-electron chi connectivity index (χ4n) is 3.13. The van der Waals surface area contributed by atoms with E-state index < -0.39 is 5.54 Å². The molecule has 1 aliphatic carbocycles. The van der Waals surface area contributed by atoms with Gasteiger partial charge in [-0.2, -0.15) is 0 Å².